The Balaban J connectivity index is 1.68. The van der Waals surface area contributed by atoms with Gasteiger partial charge in [0.15, 0.2) is 0 Å². The van der Waals surface area contributed by atoms with Crippen molar-refractivity contribution in [1.82, 2.24) is 9.97 Å². The Morgan fingerprint density at radius 3 is 2.61 bits per heavy atom. The molecule has 0 atom stereocenters. The van der Waals surface area contributed by atoms with Gasteiger partial charge in [-0.05, 0) is 25.0 Å². The number of nitrogens with one attached hydrogen (secondary N) is 2. The predicted octanol–water partition coefficient (Wildman–Crippen LogP) is 1.32. The van der Waals surface area contributed by atoms with Gasteiger partial charge in [0.1, 0.15) is 5.82 Å². The molecule has 0 radical (unpaired) electrons. The monoisotopic (exact) mass is 312 g/mol. The lowest BCUT2D eigenvalue weighted by molar-refractivity contribution is -0.880. The number of benzene rings is 1. The first-order valence-electron chi connectivity index (χ1n) is 8.89. The highest BCUT2D eigenvalue weighted by atomic mass is 15.3. The fourth-order valence-electron chi connectivity index (χ4n) is 3.67. The minimum Gasteiger partial charge on any atom is -0.367 e. The summed E-state index contributed by atoms with van der Waals surface area (Å²) in [5, 5.41) is 4.83. The highest BCUT2D eigenvalue weighted by Gasteiger charge is 2.22. The second kappa shape index (κ2) is 6.32. The molecule has 23 heavy (non-hydrogen) atoms. The SMILES string of the molecule is C[NH+]1CCN(c2nc(NC3CCCC3)c3ccccc3n2)CC1. The molecular weight excluding hydrogens is 286 g/mol. The molecule has 0 unspecified atom stereocenters. The molecule has 5 heteroatoms. The number of aromatic nitrogens is 2. The number of piperazine rings is 1. The zero-order valence-corrected chi connectivity index (χ0v) is 13.9. The third kappa shape index (κ3) is 3.11. The van der Waals surface area contributed by atoms with Crippen LogP contribution in [0.3, 0.4) is 0 Å². The zero-order valence-electron chi connectivity index (χ0n) is 13.9. The molecule has 2 fully saturated rings. The van der Waals surface area contributed by atoms with Crippen molar-refractivity contribution in [3.63, 3.8) is 0 Å². The Kier molecular flexibility index (Phi) is 4.04. The van der Waals surface area contributed by atoms with Gasteiger partial charge in [0.05, 0.1) is 38.7 Å². The molecule has 2 N–H and O–H groups in total. The van der Waals surface area contributed by atoms with E-state index in [4.69, 9.17) is 9.97 Å². The van der Waals surface area contributed by atoms with Crippen molar-refractivity contribution >= 4 is 22.7 Å². The van der Waals surface area contributed by atoms with Crippen LogP contribution in [0.4, 0.5) is 11.8 Å². The lowest BCUT2D eigenvalue weighted by Gasteiger charge is -2.30. The van der Waals surface area contributed by atoms with Gasteiger partial charge < -0.3 is 15.1 Å². The zero-order chi connectivity index (χ0) is 15.6. The van der Waals surface area contributed by atoms with Crippen LogP contribution < -0.4 is 15.1 Å². The molecule has 5 nitrogen and oxygen atoms in total. The molecule has 0 bridgehead atoms. The summed E-state index contributed by atoms with van der Waals surface area (Å²) in [6.07, 6.45) is 5.17. The van der Waals surface area contributed by atoms with E-state index in [2.05, 4.69) is 41.5 Å². The van der Waals surface area contributed by atoms with E-state index in [0.29, 0.717) is 6.04 Å². The number of likely N-dealkylation sites (N-methyl/N-ethyl adjacent to an activating group) is 1. The van der Waals surface area contributed by atoms with Crippen LogP contribution in [0.25, 0.3) is 10.9 Å². The molecule has 1 aliphatic carbocycles. The first-order chi connectivity index (χ1) is 11.3. The average molecular weight is 312 g/mol. The molecule has 1 aromatic carbocycles. The van der Waals surface area contributed by atoms with E-state index < -0.39 is 0 Å². The molecule has 1 aliphatic heterocycles. The molecule has 0 spiro atoms. The molecule has 2 heterocycles. The molecule has 2 aromatic rings. The smallest absolute Gasteiger partial charge is 0.228 e. The van der Waals surface area contributed by atoms with Crippen LogP contribution in [-0.4, -0.2) is 49.2 Å². The van der Waals surface area contributed by atoms with Gasteiger partial charge in [-0.25, -0.2) is 4.98 Å². The van der Waals surface area contributed by atoms with Crippen molar-refractivity contribution in [3.8, 4) is 0 Å². The third-order valence-electron chi connectivity index (χ3n) is 5.19. The minimum absolute atomic E-state index is 0.568. The third-order valence-corrected chi connectivity index (χ3v) is 5.19. The molecule has 1 saturated carbocycles. The van der Waals surface area contributed by atoms with Gasteiger partial charge in [0, 0.05) is 11.4 Å². The Hall–Kier alpha value is -1.88. The normalized spacial score (nSPS) is 20.3. The van der Waals surface area contributed by atoms with Crippen LogP contribution >= 0.6 is 0 Å². The summed E-state index contributed by atoms with van der Waals surface area (Å²) in [6.45, 7) is 4.38. The summed E-state index contributed by atoms with van der Waals surface area (Å²) in [6, 6.07) is 8.93. The maximum Gasteiger partial charge on any atom is 0.228 e. The van der Waals surface area contributed by atoms with E-state index in [1.165, 1.54) is 25.7 Å². The fraction of sp³-hybridized carbons (Fsp3) is 0.556. The van der Waals surface area contributed by atoms with E-state index >= 15 is 0 Å². The number of nitrogens with zero attached hydrogens (tertiary/aromatic N) is 3. The topological polar surface area (TPSA) is 45.5 Å². The van der Waals surface area contributed by atoms with Crippen LogP contribution in [0, 0.1) is 0 Å². The number of hydrogen-bond donors (Lipinski definition) is 2. The van der Waals surface area contributed by atoms with Crippen LogP contribution in [0.1, 0.15) is 25.7 Å². The molecule has 0 amide bonds. The highest BCUT2D eigenvalue weighted by molar-refractivity contribution is 5.90. The standard InChI is InChI=1S/C18H25N5/c1-22-10-12-23(13-11-22)18-20-16-9-5-4-8-15(16)17(21-18)19-14-6-2-3-7-14/h4-5,8-9,14H,2-3,6-7,10-13H2,1H3,(H,19,20,21)/p+1. The molecular formula is C18H26N5+. The maximum absolute atomic E-state index is 4.91. The van der Waals surface area contributed by atoms with Crippen molar-refractivity contribution in [2.75, 3.05) is 43.4 Å². The van der Waals surface area contributed by atoms with Gasteiger partial charge in [-0.2, -0.15) is 4.98 Å². The van der Waals surface area contributed by atoms with Gasteiger partial charge in [0.2, 0.25) is 5.95 Å². The molecule has 2 aliphatic rings. The average Bonchev–Trinajstić information content (AvgIpc) is 3.08. The van der Waals surface area contributed by atoms with E-state index in [9.17, 15) is 0 Å². The number of para-hydroxylation sites is 1. The van der Waals surface area contributed by atoms with Gasteiger partial charge >= 0.3 is 0 Å². The summed E-state index contributed by atoms with van der Waals surface area (Å²) >= 11 is 0. The Bertz CT molecular complexity index is 672. The Labute approximate surface area is 137 Å². The van der Waals surface area contributed by atoms with Crippen molar-refractivity contribution in [3.05, 3.63) is 24.3 Å². The number of anilines is 2. The van der Waals surface area contributed by atoms with Crippen molar-refractivity contribution in [2.24, 2.45) is 0 Å². The minimum atomic E-state index is 0.568. The van der Waals surface area contributed by atoms with Crippen LogP contribution in [-0.2, 0) is 0 Å². The number of quaternary nitrogens is 1. The molecule has 4 rings (SSSR count). The van der Waals surface area contributed by atoms with E-state index in [1.54, 1.807) is 4.90 Å². The highest BCUT2D eigenvalue weighted by Crippen LogP contribution is 2.27. The lowest BCUT2D eigenvalue weighted by Crippen LogP contribution is -3.12. The predicted molar refractivity (Wildman–Crippen MR) is 94.3 cm³/mol. The quantitative estimate of drug-likeness (QED) is 0.897. The Morgan fingerprint density at radius 1 is 1.09 bits per heavy atom. The summed E-state index contributed by atoms with van der Waals surface area (Å²) < 4.78 is 0. The van der Waals surface area contributed by atoms with E-state index in [1.807, 2.05) is 0 Å². The van der Waals surface area contributed by atoms with Gasteiger partial charge in [-0.15, -0.1) is 0 Å². The number of hydrogen-bond acceptors (Lipinski definition) is 4. The van der Waals surface area contributed by atoms with Crippen molar-refractivity contribution in [2.45, 2.75) is 31.7 Å². The summed E-state index contributed by atoms with van der Waals surface area (Å²) in [7, 11) is 2.26. The summed E-state index contributed by atoms with van der Waals surface area (Å²) in [5.74, 6) is 1.90. The van der Waals surface area contributed by atoms with Crippen LogP contribution in [0.5, 0.6) is 0 Å². The van der Waals surface area contributed by atoms with Crippen molar-refractivity contribution < 1.29 is 4.90 Å². The lowest BCUT2D eigenvalue weighted by atomic mass is 10.2. The number of rotatable bonds is 3. The molecule has 122 valence electrons. The van der Waals surface area contributed by atoms with Crippen molar-refractivity contribution in [1.29, 1.82) is 0 Å². The second-order valence-corrected chi connectivity index (χ2v) is 6.96. The van der Waals surface area contributed by atoms with E-state index in [-0.39, 0.29) is 0 Å². The first-order valence-corrected chi connectivity index (χ1v) is 8.89. The number of fused-ring (bicyclic) bond motifs is 1. The molecule has 1 aromatic heterocycles. The van der Waals surface area contributed by atoms with Gasteiger partial charge in [-0.3, -0.25) is 0 Å². The second-order valence-electron chi connectivity index (χ2n) is 6.96. The van der Waals surface area contributed by atoms with Crippen LogP contribution in [0.2, 0.25) is 0 Å². The molecule has 1 saturated heterocycles. The van der Waals surface area contributed by atoms with Gasteiger partial charge in [-0.1, -0.05) is 25.0 Å². The van der Waals surface area contributed by atoms with Crippen LogP contribution in [0.15, 0.2) is 24.3 Å². The largest absolute Gasteiger partial charge is 0.367 e. The van der Waals surface area contributed by atoms with E-state index in [0.717, 1.165) is 48.8 Å². The fourth-order valence-corrected chi connectivity index (χ4v) is 3.67. The summed E-state index contributed by atoms with van der Waals surface area (Å²) in [4.78, 5) is 13.7. The first kappa shape index (κ1) is 14.7. The Morgan fingerprint density at radius 2 is 1.83 bits per heavy atom. The van der Waals surface area contributed by atoms with Gasteiger partial charge in [0.25, 0.3) is 0 Å². The maximum atomic E-state index is 4.91. The summed E-state index contributed by atoms with van der Waals surface area (Å²) in [5.41, 5.74) is 1.05.